The van der Waals surface area contributed by atoms with E-state index in [1.807, 2.05) is 13.0 Å². The lowest BCUT2D eigenvalue weighted by Crippen LogP contribution is -2.51. The van der Waals surface area contributed by atoms with Crippen molar-refractivity contribution in [2.24, 2.45) is 0 Å². The van der Waals surface area contributed by atoms with E-state index in [0.717, 1.165) is 12.0 Å². The predicted molar refractivity (Wildman–Crippen MR) is 107 cm³/mol. The van der Waals surface area contributed by atoms with Crippen LogP contribution in [0.5, 0.6) is 0 Å². The highest BCUT2D eigenvalue weighted by molar-refractivity contribution is 5.95. The average Bonchev–Trinajstić information content (AvgIpc) is 2.55. The summed E-state index contributed by atoms with van der Waals surface area (Å²) in [5.74, 6) is -0.990. The maximum atomic E-state index is 12.5. The number of ether oxygens (including phenoxy) is 2. The lowest BCUT2D eigenvalue weighted by molar-refractivity contribution is -0.157. The standard InChI is InChI=1S/C21H32N2O5/c1-8-14-10-9-11-15(12-14)17(24)22-13-16(18(25)27-20(2,3)4)23-19(26)28-21(5,6)7/h9-12,16H,8,13H2,1-7H3,(H,22,24)(H,23,26)/t16-/m1/s1. The molecule has 2 N–H and O–H groups in total. The van der Waals surface area contributed by atoms with Crippen LogP contribution in [0.15, 0.2) is 24.3 Å². The second-order valence-corrected chi connectivity index (χ2v) is 8.50. The van der Waals surface area contributed by atoms with Crippen LogP contribution in [0.2, 0.25) is 0 Å². The summed E-state index contributed by atoms with van der Waals surface area (Å²) in [4.78, 5) is 37.0. The van der Waals surface area contributed by atoms with Gasteiger partial charge < -0.3 is 20.1 Å². The Balaban J connectivity index is 2.84. The van der Waals surface area contributed by atoms with Gasteiger partial charge in [0, 0.05) is 12.1 Å². The van der Waals surface area contributed by atoms with E-state index < -0.39 is 29.3 Å². The van der Waals surface area contributed by atoms with Crippen molar-refractivity contribution in [3.63, 3.8) is 0 Å². The molecule has 0 heterocycles. The van der Waals surface area contributed by atoms with Crippen LogP contribution < -0.4 is 10.6 Å². The number of benzene rings is 1. The number of hydrogen-bond acceptors (Lipinski definition) is 5. The van der Waals surface area contributed by atoms with Crippen molar-refractivity contribution in [1.82, 2.24) is 10.6 Å². The van der Waals surface area contributed by atoms with Crippen molar-refractivity contribution < 1.29 is 23.9 Å². The third-order valence-corrected chi connectivity index (χ3v) is 3.45. The van der Waals surface area contributed by atoms with Gasteiger partial charge in [-0.3, -0.25) is 4.79 Å². The number of aryl methyl sites for hydroxylation is 1. The number of carbonyl (C=O) groups is 3. The molecule has 0 bridgehead atoms. The molecule has 0 saturated heterocycles. The molecule has 0 unspecified atom stereocenters. The maximum absolute atomic E-state index is 12.5. The minimum absolute atomic E-state index is 0.122. The number of hydrogen-bond donors (Lipinski definition) is 2. The van der Waals surface area contributed by atoms with Gasteiger partial charge in [0.2, 0.25) is 0 Å². The number of nitrogens with one attached hydrogen (secondary N) is 2. The Bertz CT molecular complexity index is 701. The summed E-state index contributed by atoms with van der Waals surface area (Å²) >= 11 is 0. The number of amides is 2. The smallest absolute Gasteiger partial charge is 0.408 e. The number of rotatable bonds is 6. The zero-order valence-corrected chi connectivity index (χ0v) is 17.8. The van der Waals surface area contributed by atoms with Crippen molar-refractivity contribution in [2.45, 2.75) is 72.1 Å². The first-order valence-electron chi connectivity index (χ1n) is 9.40. The zero-order chi connectivity index (χ0) is 21.5. The van der Waals surface area contributed by atoms with Crippen molar-refractivity contribution in [2.75, 3.05) is 6.54 Å². The van der Waals surface area contributed by atoms with Crippen LogP contribution in [-0.2, 0) is 20.7 Å². The summed E-state index contributed by atoms with van der Waals surface area (Å²) < 4.78 is 10.5. The lowest BCUT2D eigenvalue weighted by atomic mass is 10.1. The minimum atomic E-state index is -1.08. The number of carbonyl (C=O) groups excluding carboxylic acids is 3. The predicted octanol–water partition coefficient (Wildman–Crippen LogP) is 3.21. The van der Waals surface area contributed by atoms with Crippen LogP contribution >= 0.6 is 0 Å². The molecule has 1 rings (SSSR count). The second kappa shape index (κ2) is 9.57. The molecule has 0 aliphatic rings. The summed E-state index contributed by atoms with van der Waals surface area (Å²) in [5.41, 5.74) is 0.0689. The number of esters is 1. The van der Waals surface area contributed by atoms with Gasteiger partial charge in [-0.25, -0.2) is 9.59 Å². The molecule has 0 radical (unpaired) electrons. The molecule has 2 amide bonds. The van der Waals surface area contributed by atoms with Gasteiger partial charge >= 0.3 is 12.1 Å². The Morgan fingerprint density at radius 1 is 1.00 bits per heavy atom. The summed E-state index contributed by atoms with van der Waals surface area (Å²) in [6, 6.07) is 6.15. The molecule has 0 aliphatic heterocycles. The zero-order valence-electron chi connectivity index (χ0n) is 17.8. The van der Waals surface area contributed by atoms with E-state index >= 15 is 0 Å². The monoisotopic (exact) mass is 392 g/mol. The van der Waals surface area contributed by atoms with Gasteiger partial charge in [-0.1, -0.05) is 19.1 Å². The molecule has 1 aromatic rings. The molecule has 0 saturated carbocycles. The van der Waals surface area contributed by atoms with Crippen LogP contribution in [0.25, 0.3) is 0 Å². The van der Waals surface area contributed by atoms with Crippen molar-refractivity contribution in [3.05, 3.63) is 35.4 Å². The summed E-state index contributed by atoms with van der Waals surface area (Å²) in [6.07, 6.45) is 0.0487. The summed E-state index contributed by atoms with van der Waals surface area (Å²) in [7, 11) is 0. The normalized spacial score (nSPS) is 12.7. The Hall–Kier alpha value is -2.57. The molecule has 0 fully saturated rings. The highest BCUT2D eigenvalue weighted by Crippen LogP contribution is 2.11. The van der Waals surface area contributed by atoms with Gasteiger partial charge in [0.1, 0.15) is 17.2 Å². The van der Waals surface area contributed by atoms with Crippen LogP contribution in [0.1, 0.15) is 64.4 Å². The Morgan fingerprint density at radius 2 is 1.61 bits per heavy atom. The van der Waals surface area contributed by atoms with E-state index in [1.165, 1.54) is 0 Å². The second-order valence-electron chi connectivity index (χ2n) is 8.50. The third kappa shape index (κ3) is 8.88. The van der Waals surface area contributed by atoms with Gasteiger partial charge in [-0.2, -0.15) is 0 Å². The van der Waals surface area contributed by atoms with Crippen LogP contribution in [-0.4, -0.2) is 41.8 Å². The van der Waals surface area contributed by atoms with Crippen LogP contribution in [0.4, 0.5) is 4.79 Å². The van der Waals surface area contributed by atoms with Crippen molar-refractivity contribution >= 4 is 18.0 Å². The third-order valence-electron chi connectivity index (χ3n) is 3.45. The van der Waals surface area contributed by atoms with Gasteiger partial charge in [-0.05, 0) is 65.7 Å². The van der Waals surface area contributed by atoms with E-state index in [0.29, 0.717) is 5.56 Å². The molecule has 0 aliphatic carbocycles. The Morgan fingerprint density at radius 3 is 2.14 bits per heavy atom. The largest absolute Gasteiger partial charge is 0.458 e. The topological polar surface area (TPSA) is 93.7 Å². The molecule has 28 heavy (non-hydrogen) atoms. The van der Waals surface area contributed by atoms with E-state index in [9.17, 15) is 14.4 Å². The first kappa shape index (κ1) is 23.5. The van der Waals surface area contributed by atoms with Crippen LogP contribution in [0, 0.1) is 0 Å². The molecule has 0 aromatic heterocycles. The van der Waals surface area contributed by atoms with Gasteiger partial charge in [0.25, 0.3) is 5.91 Å². The average molecular weight is 392 g/mol. The first-order chi connectivity index (χ1) is 12.8. The minimum Gasteiger partial charge on any atom is -0.458 e. The quantitative estimate of drug-likeness (QED) is 0.725. The van der Waals surface area contributed by atoms with E-state index in [1.54, 1.807) is 59.7 Å². The SMILES string of the molecule is CCc1cccc(C(=O)NC[C@@H](NC(=O)OC(C)(C)C)C(=O)OC(C)(C)C)c1. The molecule has 7 nitrogen and oxygen atoms in total. The van der Waals surface area contributed by atoms with Crippen LogP contribution in [0.3, 0.4) is 0 Å². The highest BCUT2D eigenvalue weighted by atomic mass is 16.6. The fraction of sp³-hybridized carbons (Fsp3) is 0.571. The molecule has 0 spiro atoms. The summed E-state index contributed by atoms with van der Waals surface area (Å²) in [5, 5.41) is 5.15. The lowest BCUT2D eigenvalue weighted by Gasteiger charge is -2.26. The summed E-state index contributed by atoms with van der Waals surface area (Å²) in [6.45, 7) is 12.2. The molecular formula is C21H32N2O5. The molecule has 1 atom stereocenters. The maximum Gasteiger partial charge on any atom is 0.408 e. The van der Waals surface area contributed by atoms with Gasteiger partial charge in [-0.15, -0.1) is 0 Å². The van der Waals surface area contributed by atoms with E-state index in [4.69, 9.17) is 9.47 Å². The number of alkyl carbamates (subject to hydrolysis) is 1. The van der Waals surface area contributed by atoms with Crippen molar-refractivity contribution in [3.8, 4) is 0 Å². The molecule has 7 heteroatoms. The molecule has 156 valence electrons. The van der Waals surface area contributed by atoms with E-state index in [-0.39, 0.29) is 12.5 Å². The van der Waals surface area contributed by atoms with Gasteiger partial charge in [0.05, 0.1) is 0 Å². The Labute approximate surface area is 167 Å². The Kier molecular flexibility index (Phi) is 8.02. The van der Waals surface area contributed by atoms with Crippen molar-refractivity contribution in [1.29, 1.82) is 0 Å². The van der Waals surface area contributed by atoms with E-state index in [2.05, 4.69) is 10.6 Å². The molecule has 1 aromatic carbocycles. The fourth-order valence-electron chi connectivity index (χ4n) is 2.25. The van der Waals surface area contributed by atoms with Gasteiger partial charge in [0.15, 0.2) is 0 Å². The first-order valence-corrected chi connectivity index (χ1v) is 9.40. The highest BCUT2D eigenvalue weighted by Gasteiger charge is 2.29. The fourth-order valence-corrected chi connectivity index (χ4v) is 2.25. The molecular weight excluding hydrogens is 360 g/mol.